The van der Waals surface area contributed by atoms with Crippen molar-refractivity contribution in [2.75, 3.05) is 12.4 Å². The lowest BCUT2D eigenvalue weighted by molar-refractivity contribution is 0.0960. The summed E-state index contributed by atoms with van der Waals surface area (Å²) in [7, 11) is 1.65. The minimum absolute atomic E-state index is 0.0675. The molecule has 0 radical (unpaired) electrons. The minimum Gasteiger partial charge on any atom is -0.359 e. The number of carbonyl (C=O) groups is 1. The molecule has 0 saturated heterocycles. The van der Waals surface area contributed by atoms with Crippen molar-refractivity contribution in [3.63, 3.8) is 0 Å². The summed E-state index contributed by atoms with van der Waals surface area (Å²) >= 11 is 1.61. The number of pyridine rings is 1. The van der Waals surface area contributed by atoms with Gasteiger partial charge >= 0.3 is 0 Å². The molecule has 3 aromatic rings. The van der Waals surface area contributed by atoms with Gasteiger partial charge in [-0.25, -0.2) is 0 Å². The molecule has 1 amide bonds. The van der Waals surface area contributed by atoms with Gasteiger partial charge in [0.1, 0.15) is 0 Å². The van der Waals surface area contributed by atoms with Crippen molar-refractivity contribution in [1.29, 1.82) is 0 Å². The largest absolute Gasteiger partial charge is 0.359 e. The van der Waals surface area contributed by atoms with Crippen molar-refractivity contribution < 1.29 is 4.79 Å². The number of nitrogens with one attached hydrogen (secondary N) is 2. The minimum atomic E-state index is -0.0675. The summed E-state index contributed by atoms with van der Waals surface area (Å²) < 4.78 is 0. The van der Waals surface area contributed by atoms with Gasteiger partial charge in [0, 0.05) is 53.0 Å². The molecule has 2 N–H and O–H groups in total. The highest BCUT2D eigenvalue weighted by Crippen LogP contribution is 2.36. The quantitative estimate of drug-likeness (QED) is 0.667. The molecule has 5 heteroatoms. The standard InChI is InChI=1S/C23H21N3OS/c1-24-23(27)20-7-2-3-8-22(20)28-19-12-9-16-14-18(26-21(16)15-19)11-10-17-6-4-5-13-25-17/h2-9,11-13,15,26H,10,14H2,1H3,(H,24,27)/b18-11+. The molecule has 0 aliphatic carbocycles. The molecule has 1 aliphatic rings. The Kier molecular flexibility index (Phi) is 5.44. The van der Waals surface area contributed by atoms with Gasteiger partial charge in [0.15, 0.2) is 0 Å². The zero-order valence-corrected chi connectivity index (χ0v) is 16.4. The molecule has 2 heterocycles. The van der Waals surface area contributed by atoms with E-state index < -0.39 is 0 Å². The van der Waals surface area contributed by atoms with Crippen LogP contribution in [0.25, 0.3) is 0 Å². The second-order valence-corrected chi connectivity index (χ2v) is 7.67. The van der Waals surface area contributed by atoms with E-state index in [9.17, 15) is 4.79 Å². The highest BCUT2D eigenvalue weighted by atomic mass is 32.2. The van der Waals surface area contributed by atoms with Crippen LogP contribution < -0.4 is 10.6 Å². The molecule has 0 fully saturated rings. The van der Waals surface area contributed by atoms with Gasteiger partial charge in [0.2, 0.25) is 0 Å². The smallest absolute Gasteiger partial charge is 0.252 e. The summed E-state index contributed by atoms with van der Waals surface area (Å²) in [5.74, 6) is -0.0675. The van der Waals surface area contributed by atoms with Crippen LogP contribution in [-0.4, -0.2) is 17.9 Å². The number of hydrogen-bond acceptors (Lipinski definition) is 4. The second kappa shape index (κ2) is 8.31. The van der Waals surface area contributed by atoms with E-state index in [2.05, 4.69) is 39.9 Å². The maximum atomic E-state index is 12.1. The Hall–Kier alpha value is -3.05. The molecule has 0 atom stereocenters. The fourth-order valence-corrected chi connectivity index (χ4v) is 4.17. The van der Waals surface area contributed by atoms with E-state index in [-0.39, 0.29) is 5.91 Å². The van der Waals surface area contributed by atoms with Crippen molar-refractivity contribution in [2.45, 2.75) is 22.6 Å². The van der Waals surface area contributed by atoms with Crippen LogP contribution in [-0.2, 0) is 12.8 Å². The Morgan fingerprint density at radius 1 is 1.18 bits per heavy atom. The predicted molar refractivity (Wildman–Crippen MR) is 114 cm³/mol. The van der Waals surface area contributed by atoms with E-state index in [1.165, 1.54) is 11.3 Å². The Morgan fingerprint density at radius 3 is 2.86 bits per heavy atom. The molecule has 0 spiro atoms. The van der Waals surface area contributed by atoms with Crippen LogP contribution in [0.2, 0.25) is 0 Å². The highest BCUT2D eigenvalue weighted by molar-refractivity contribution is 7.99. The van der Waals surface area contributed by atoms with Gasteiger partial charge < -0.3 is 10.6 Å². The van der Waals surface area contributed by atoms with E-state index in [1.807, 2.05) is 48.7 Å². The van der Waals surface area contributed by atoms with E-state index in [4.69, 9.17) is 0 Å². The molecule has 4 nitrogen and oxygen atoms in total. The first-order valence-electron chi connectivity index (χ1n) is 9.21. The van der Waals surface area contributed by atoms with Crippen molar-refractivity contribution in [3.8, 4) is 0 Å². The number of rotatable bonds is 5. The van der Waals surface area contributed by atoms with Crippen LogP contribution in [0.4, 0.5) is 5.69 Å². The van der Waals surface area contributed by atoms with Gasteiger partial charge in [-0.2, -0.15) is 0 Å². The average Bonchev–Trinajstić information content (AvgIpc) is 3.15. The number of benzene rings is 2. The van der Waals surface area contributed by atoms with Crippen LogP contribution in [0.15, 0.2) is 88.4 Å². The number of allylic oxidation sites excluding steroid dienone is 2. The maximum absolute atomic E-state index is 12.1. The number of aromatic nitrogens is 1. The zero-order chi connectivity index (χ0) is 19.3. The number of anilines is 1. The summed E-state index contributed by atoms with van der Waals surface area (Å²) in [6.45, 7) is 0. The summed E-state index contributed by atoms with van der Waals surface area (Å²) in [6.07, 6.45) is 5.75. The summed E-state index contributed by atoms with van der Waals surface area (Å²) in [5, 5.41) is 6.23. The first-order valence-corrected chi connectivity index (χ1v) is 10.0. The van der Waals surface area contributed by atoms with Crippen LogP contribution in [0.3, 0.4) is 0 Å². The van der Waals surface area contributed by atoms with Crippen molar-refractivity contribution >= 4 is 23.4 Å². The van der Waals surface area contributed by atoms with Gasteiger partial charge in [-0.05, 0) is 42.0 Å². The molecular formula is C23H21N3OS. The molecular weight excluding hydrogens is 366 g/mol. The molecule has 0 saturated carbocycles. The fourth-order valence-electron chi connectivity index (χ4n) is 3.19. The number of nitrogens with zero attached hydrogens (tertiary/aromatic N) is 1. The summed E-state index contributed by atoms with van der Waals surface area (Å²) in [4.78, 5) is 18.5. The molecule has 1 aromatic heterocycles. The topological polar surface area (TPSA) is 54.0 Å². The fraction of sp³-hybridized carbons (Fsp3) is 0.130. The zero-order valence-electron chi connectivity index (χ0n) is 15.6. The van der Waals surface area contributed by atoms with Gasteiger partial charge in [0.25, 0.3) is 5.91 Å². The lowest BCUT2D eigenvalue weighted by atomic mass is 10.1. The van der Waals surface area contributed by atoms with Gasteiger partial charge in [-0.15, -0.1) is 0 Å². The summed E-state index contributed by atoms with van der Waals surface area (Å²) in [6, 6.07) is 20.1. The predicted octanol–water partition coefficient (Wildman–Crippen LogP) is 4.69. The SMILES string of the molecule is CNC(=O)c1ccccc1Sc1ccc2c(c1)N/C(=C/Cc1ccccn1)C2. The first-order chi connectivity index (χ1) is 13.7. The third-order valence-corrected chi connectivity index (χ3v) is 5.69. The van der Waals surface area contributed by atoms with E-state index in [1.54, 1.807) is 18.8 Å². The molecule has 28 heavy (non-hydrogen) atoms. The molecule has 1 aliphatic heterocycles. The molecule has 0 unspecified atom stereocenters. The van der Waals surface area contributed by atoms with E-state index in [0.29, 0.717) is 5.56 Å². The van der Waals surface area contributed by atoms with Crippen molar-refractivity contribution in [3.05, 3.63) is 95.5 Å². The lowest BCUT2D eigenvalue weighted by Gasteiger charge is -2.09. The Labute approximate surface area is 169 Å². The normalized spacial score (nSPS) is 13.8. The highest BCUT2D eigenvalue weighted by Gasteiger charge is 2.16. The average molecular weight is 388 g/mol. The molecule has 0 bridgehead atoms. The molecule has 2 aromatic carbocycles. The van der Waals surface area contributed by atoms with Crippen LogP contribution >= 0.6 is 11.8 Å². The van der Waals surface area contributed by atoms with Gasteiger partial charge in [-0.1, -0.05) is 42.1 Å². The Bertz CT molecular complexity index is 1030. The van der Waals surface area contributed by atoms with Crippen molar-refractivity contribution in [2.24, 2.45) is 0 Å². The number of carbonyl (C=O) groups excluding carboxylic acids is 1. The van der Waals surface area contributed by atoms with Crippen LogP contribution in [0.5, 0.6) is 0 Å². The number of fused-ring (bicyclic) bond motifs is 1. The van der Waals surface area contributed by atoms with Crippen molar-refractivity contribution in [1.82, 2.24) is 10.3 Å². The Balaban J connectivity index is 1.49. The van der Waals surface area contributed by atoms with Crippen LogP contribution in [0.1, 0.15) is 21.6 Å². The van der Waals surface area contributed by atoms with Crippen LogP contribution in [0, 0.1) is 0 Å². The van der Waals surface area contributed by atoms with Gasteiger partial charge in [0.05, 0.1) is 5.56 Å². The first kappa shape index (κ1) is 18.3. The number of amides is 1. The van der Waals surface area contributed by atoms with Gasteiger partial charge in [-0.3, -0.25) is 9.78 Å². The van der Waals surface area contributed by atoms with E-state index >= 15 is 0 Å². The lowest BCUT2D eigenvalue weighted by Crippen LogP contribution is -2.18. The maximum Gasteiger partial charge on any atom is 0.252 e. The Morgan fingerprint density at radius 2 is 2.04 bits per heavy atom. The third kappa shape index (κ3) is 4.10. The summed E-state index contributed by atoms with van der Waals surface area (Å²) in [5.41, 5.74) is 5.38. The number of hydrogen-bond donors (Lipinski definition) is 2. The third-order valence-electron chi connectivity index (χ3n) is 4.63. The van der Waals surface area contributed by atoms with E-state index in [0.717, 1.165) is 34.0 Å². The molecule has 140 valence electrons. The second-order valence-electron chi connectivity index (χ2n) is 6.55. The monoisotopic (exact) mass is 387 g/mol. The molecule has 4 rings (SSSR count).